The summed E-state index contributed by atoms with van der Waals surface area (Å²) < 4.78 is 10.9. The van der Waals surface area contributed by atoms with Gasteiger partial charge in [0.15, 0.2) is 5.90 Å². The van der Waals surface area contributed by atoms with Gasteiger partial charge in [-0.05, 0) is 85.4 Å². The second-order valence-electron chi connectivity index (χ2n) is 26.5. The number of ether oxygens (including phenoxy) is 1. The molecule has 2 aliphatic heterocycles. The van der Waals surface area contributed by atoms with Crippen molar-refractivity contribution in [3.8, 4) is 0 Å². The quantitative estimate of drug-likeness (QED) is 0.0197. The maximum absolute atomic E-state index is 12.3. The molecule has 0 unspecified atom stereocenters. The Morgan fingerprint density at radius 1 is 0.539 bits per heavy atom. The number of halogens is 2. The number of imide groups is 2. The van der Waals surface area contributed by atoms with E-state index in [0.717, 1.165) is 76.2 Å². The van der Waals surface area contributed by atoms with Crippen molar-refractivity contribution >= 4 is 71.7 Å². The van der Waals surface area contributed by atoms with Crippen LogP contribution < -0.4 is 34.6 Å². The molecular formula is C66H130Cl2N8O12S. The summed E-state index contributed by atoms with van der Waals surface area (Å²) in [5.74, 6) is 2.23. The van der Waals surface area contributed by atoms with Crippen LogP contribution >= 0.6 is 0 Å². The Balaban J connectivity index is -0.000000146. The Labute approximate surface area is 558 Å². The number of rotatable bonds is 26. The van der Waals surface area contributed by atoms with Crippen LogP contribution in [0.4, 0.5) is 0 Å². The smallest absolute Gasteiger partial charge is 0.336 e. The number of hydroxylamine groups is 4. The number of aliphatic carboxylic acids is 1. The summed E-state index contributed by atoms with van der Waals surface area (Å²) in [5.41, 5.74) is 0. The van der Waals surface area contributed by atoms with Gasteiger partial charge >= 0.3 is 17.9 Å². The molecule has 4 amide bonds. The van der Waals surface area contributed by atoms with E-state index in [2.05, 4.69) is 159 Å². The number of nitrogens with one attached hydrogen (secondary N) is 3. The van der Waals surface area contributed by atoms with E-state index in [1.54, 1.807) is 6.92 Å². The predicted octanol–water partition coefficient (Wildman–Crippen LogP) is 4.69. The van der Waals surface area contributed by atoms with Crippen molar-refractivity contribution in [1.29, 1.82) is 4.78 Å². The van der Waals surface area contributed by atoms with Gasteiger partial charge in [0.1, 0.15) is 5.78 Å². The number of esters is 1. The van der Waals surface area contributed by atoms with Gasteiger partial charge in [0, 0.05) is 76.4 Å². The lowest BCUT2D eigenvalue weighted by Gasteiger charge is -2.24. The molecule has 2 aliphatic rings. The standard InChI is InChI=1S/C17H34N2O2.C12H19NO4.C9H18O.C8H17N3.C8H16O2.C8H18.C4H5NO3.2ClH.HNS/c1-8-10-15(18-11-9-12-19(6)7)21-17(20)16(13(2)3)14(4)5;1-7(2)11(8(3)4)12(16)17-13-9(14)5-6-10(13)15;1-6(2)9(7(3)4)8(5)10;1-4-9-8-10-6-5-7-11(2)3;1-5(2)7(6(3)4)8(9)10;1-6(2)8(5)7(3)4;6-3-1-2-4(7)5(3)8;;;1-2/h13-14,16H,8-12H2,1-7H3;7-8,11H,5-6H2,1-4H3;6-7,9H,1-5H3;4-7H2,1-3H3;5-7H,1-4H3,(H,9,10);6-8H,1-5H3;8H,1-2H2;2*1H;1H. The molecule has 0 bridgehead atoms. The average molecular weight is 1330 g/mol. The van der Waals surface area contributed by atoms with Crippen LogP contribution in [0.1, 0.15) is 218 Å². The molecule has 23 heteroatoms. The Hall–Kier alpha value is -4.11. The van der Waals surface area contributed by atoms with Crippen molar-refractivity contribution in [3.05, 3.63) is 0 Å². The number of Topliss-reactive ketones (excluding diaryl/α,β-unsaturated/α-hetero) is 1. The monoisotopic (exact) mass is 1330 g/mol. The van der Waals surface area contributed by atoms with Crippen LogP contribution in [0, 0.1) is 93.5 Å². The zero-order valence-electron chi connectivity index (χ0n) is 60.7. The summed E-state index contributed by atoms with van der Waals surface area (Å²) in [4.78, 5) is 109. The van der Waals surface area contributed by atoms with Crippen molar-refractivity contribution in [2.75, 3.05) is 60.9 Å². The number of nitrogens with zero attached hydrogens (tertiary/aromatic N) is 5. The lowest BCUT2D eigenvalue weighted by atomic mass is 9.83. The fourth-order valence-electron chi connectivity index (χ4n) is 9.70. The van der Waals surface area contributed by atoms with E-state index >= 15 is 0 Å². The SMILES string of the molecule is CC(=O)C(C(C)C)C(C)C.CC(C)C(C(=O)O)C(C)C.CC(C)C(C(=O)ON1C(=O)CCC1=O)C(C)C.CC(C)C(C)C(C)C.CCCC(=NCCC[NH+](C)C)OC(=O)C(C(C)C)C(C)C.CCN=C=NCCC[NH+](C)C.N=S.O=C1CCC(=O)N1O.[Cl-].[Cl-]. The summed E-state index contributed by atoms with van der Waals surface area (Å²) in [7, 11) is 8.55. The van der Waals surface area contributed by atoms with Crippen LogP contribution in [-0.2, 0) is 60.4 Å². The van der Waals surface area contributed by atoms with Gasteiger partial charge in [0.2, 0.25) is 0 Å². The van der Waals surface area contributed by atoms with Crippen molar-refractivity contribution < 1.29 is 92.9 Å². The first-order chi connectivity index (χ1) is 40.1. The topological polar surface area (TPSA) is 272 Å². The minimum Gasteiger partial charge on any atom is -1.00 e. The zero-order chi connectivity index (χ0) is 69.6. The molecule has 526 valence electrons. The first-order valence-corrected chi connectivity index (χ1v) is 32.5. The van der Waals surface area contributed by atoms with Gasteiger partial charge in [-0.1, -0.05) is 152 Å². The number of ketones is 1. The van der Waals surface area contributed by atoms with Gasteiger partial charge in [0.05, 0.1) is 71.6 Å². The number of hydrogen-bond acceptors (Lipinski definition) is 16. The number of carbonyl (C=O) groups is 8. The molecule has 0 atom stereocenters. The summed E-state index contributed by atoms with van der Waals surface area (Å²) in [5, 5.41) is 17.9. The number of carboxylic acid groups (broad SMARTS) is 1. The number of hydrogen-bond donors (Lipinski definition) is 5. The molecule has 5 N–H and O–H groups in total. The summed E-state index contributed by atoms with van der Waals surface area (Å²) in [6.07, 6.45) is 4.37. The van der Waals surface area contributed by atoms with Gasteiger partial charge < -0.3 is 49.3 Å². The number of carboxylic acids is 1. The highest BCUT2D eigenvalue weighted by Crippen LogP contribution is 2.26. The predicted molar refractivity (Wildman–Crippen MR) is 353 cm³/mol. The van der Waals surface area contributed by atoms with Gasteiger partial charge in [-0.2, -0.15) is 5.06 Å². The highest BCUT2D eigenvalue weighted by Gasteiger charge is 2.37. The van der Waals surface area contributed by atoms with E-state index in [9.17, 15) is 38.4 Å². The molecule has 0 saturated carbocycles. The van der Waals surface area contributed by atoms with Crippen molar-refractivity contribution in [3.63, 3.8) is 0 Å². The molecule has 20 nitrogen and oxygen atoms in total. The summed E-state index contributed by atoms with van der Waals surface area (Å²) >= 11 is 3.33. The first kappa shape index (κ1) is 101. The number of quaternary nitrogens is 2. The molecule has 2 saturated heterocycles. The molecule has 2 rings (SSSR count). The lowest BCUT2D eigenvalue weighted by molar-refractivity contribution is -0.858. The number of carbonyl (C=O) groups excluding carboxylic acids is 7. The molecule has 2 fully saturated rings. The van der Waals surface area contributed by atoms with E-state index in [1.807, 2.05) is 62.3 Å². The van der Waals surface area contributed by atoms with Gasteiger partial charge in [-0.15, -0.1) is 5.06 Å². The Morgan fingerprint density at radius 2 is 0.876 bits per heavy atom. The number of amides is 4. The van der Waals surface area contributed by atoms with Crippen LogP contribution in [0.5, 0.6) is 0 Å². The van der Waals surface area contributed by atoms with Crippen LogP contribution in [0.3, 0.4) is 0 Å². The normalized spacial score (nSPS) is 12.9. The second-order valence-corrected chi connectivity index (χ2v) is 26.5. The molecule has 0 spiro atoms. The van der Waals surface area contributed by atoms with Crippen molar-refractivity contribution in [2.45, 2.75) is 218 Å². The highest BCUT2D eigenvalue weighted by molar-refractivity contribution is 7.45. The van der Waals surface area contributed by atoms with E-state index < -0.39 is 35.6 Å². The molecule has 0 aromatic carbocycles. The largest absolute Gasteiger partial charge is 1.00 e. The minimum atomic E-state index is -0.676. The fourth-order valence-corrected chi connectivity index (χ4v) is 9.70. The molecule has 0 aromatic rings. The Morgan fingerprint density at radius 3 is 1.11 bits per heavy atom. The highest BCUT2D eigenvalue weighted by atomic mass is 35.5. The van der Waals surface area contributed by atoms with E-state index in [1.165, 1.54) is 9.80 Å². The molecule has 0 aliphatic carbocycles. The third kappa shape index (κ3) is 52.1. The first-order valence-electron chi connectivity index (χ1n) is 32.1. The Bertz CT molecular complexity index is 1910. The summed E-state index contributed by atoms with van der Waals surface area (Å²) in [6.45, 7) is 53.9. The van der Waals surface area contributed by atoms with E-state index in [0.29, 0.717) is 28.6 Å². The molecular weight excluding hydrogens is 1200 g/mol. The van der Waals surface area contributed by atoms with E-state index in [4.69, 9.17) is 24.7 Å². The minimum absolute atomic E-state index is 0. The third-order valence-electron chi connectivity index (χ3n) is 14.4. The molecule has 0 aromatic heterocycles. The van der Waals surface area contributed by atoms with Gasteiger partial charge in [-0.25, -0.2) is 19.6 Å². The van der Waals surface area contributed by atoms with E-state index in [-0.39, 0.29) is 121 Å². The molecule has 2 heterocycles. The van der Waals surface area contributed by atoms with Crippen LogP contribution in [0.2, 0.25) is 0 Å². The van der Waals surface area contributed by atoms with Gasteiger partial charge in [-0.3, -0.25) is 43.8 Å². The van der Waals surface area contributed by atoms with Crippen LogP contribution in [-0.4, -0.2) is 141 Å². The van der Waals surface area contributed by atoms with Crippen LogP contribution in [0.15, 0.2) is 15.0 Å². The average Bonchev–Trinajstić information content (AvgIpc) is 3.13. The maximum Gasteiger partial charge on any atom is 0.336 e. The second kappa shape index (κ2) is 58.9. The van der Waals surface area contributed by atoms with Gasteiger partial charge in [0.25, 0.3) is 23.6 Å². The van der Waals surface area contributed by atoms with Crippen molar-refractivity contribution in [1.82, 2.24) is 10.1 Å². The molecule has 0 radical (unpaired) electrons. The van der Waals surface area contributed by atoms with Crippen LogP contribution in [0.25, 0.3) is 0 Å². The number of aliphatic imine (C=N–C) groups is 3. The zero-order valence-corrected chi connectivity index (χ0v) is 63.1. The summed E-state index contributed by atoms with van der Waals surface area (Å²) in [6, 6.07) is 2.65. The lowest BCUT2D eigenvalue weighted by Crippen LogP contribution is -3.05. The fraction of sp³-hybridized carbons (Fsp3) is 0.848. The molecule has 89 heavy (non-hydrogen) atoms. The Kier molecular flexibility index (Phi) is 66.9. The van der Waals surface area contributed by atoms with Crippen molar-refractivity contribution in [2.24, 2.45) is 104 Å². The maximum atomic E-state index is 12.3. The third-order valence-corrected chi connectivity index (χ3v) is 14.4.